The molecule has 10 heteroatoms. The molecule has 0 saturated heterocycles. The molecule has 0 saturated carbocycles. The van der Waals surface area contributed by atoms with Crippen molar-refractivity contribution in [3.63, 3.8) is 0 Å². The maximum Gasteiger partial charge on any atom is 0 e. The smallest absolute Gasteiger partial charge is 0 e. The zero-order valence-corrected chi connectivity index (χ0v) is 17.1. The van der Waals surface area contributed by atoms with E-state index in [2.05, 4.69) is 0 Å². The third-order valence-corrected chi connectivity index (χ3v) is 6.25. The van der Waals surface area contributed by atoms with Gasteiger partial charge in [0.05, 0.1) is 0 Å². The van der Waals surface area contributed by atoms with Gasteiger partial charge in [0, 0.05) is 62.5 Å². The van der Waals surface area contributed by atoms with Crippen molar-refractivity contribution in [3.05, 3.63) is 0 Å². The molecule has 101 valence electrons. The summed E-state index contributed by atoms with van der Waals surface area (Å²) >= 11 is -1.19. The molecule has 0 aromatic carbocycles. The Morgan fingerprint density at radius 1 is 0.750 bits per heavy atom. The van der Waals surface area contributed by atoms with Gasteiger partial charge >= 0.3 is 85.3 Å². The Bertz CT molecular complexity index is 126. The van der Waals surface area contributed by atoms with Crippen molar-refractivity contribution in [2.75, 3.05) is 19.6 Å². The summed E-state index contributed by atoms with van der Waals surface area (Å²) in [6.45, 7) is 1.16. The topological polar surface area (TPSA) is 156 Å². The molecule has 0 spiro atoms. The summed E-state index contributed by atoms with van der Waals surface area (Å²) in [5.41, 5.74) is 33.9. The van der Waals surface area contributed by atoms with Crippen LogP contribution < -0.4 is 34.4 Å². The minimum atomic E-state index is -1.19. The second kappa shape index (κ2) is 15.6. The van der Waals surface area contributed by atoms with Crippen molar-refractivity contribution >= 4 is 0 Å². The Labute approximate surface area is 146 Å². The quantitative estimate of drug-likeness (QED) is 0.206. The van der Waals surface area contributed by atoms with Crippen LogP contribution in [0.5, 0.6) is 0 Å². The number of rotatable bonds is 6. The van der Waals surface area contributed by atoms with Crippen LogP contribution in [0.15, 0.2) is 0 Å². The van der Waals surface area contributed by atoms with Crippen LogP contribution in [-0.2, 0) is 80.9 Å². The van der Waals surface area contributed by atoms with Crippen molar-refractivity contribution < 1.29 is 80.9 Å². The number of hydrogen-bond acceptors (Lipinski definition) is 6. The van der Waals surface area contributed by atoms with Gasteiger partial charge in [-0.15, -0.1) is 0 Å². The number of hydrogen-bond donors (Lipinski definition) is 6. The zero-order chi connectivity index (χ0) is 10.4. The van der Waals surface area contributed by atoms with Gasteiger partial charge in [0.2, 0.25) is 0 Å². The molecule has 3 atom stereocenters. The van der Waals surface area contributed by atoms with Crippen LogP contribution in [0, 0.1) is 0 Å². The molecule has 12 N–H and O–H groups in total. The van der Waals surface area contributed by atoms with Gasteiger partial charge in [-0.05, 0) is 0 Å². The normalized spacial score (nSPS) is 15.8. The summed E-state index contributed by atoms with van der Waals surface area (Å²) < 4.78 is -0.406. The molecule has 1 radical (unpaired) electrons. The van der Waals surface area contributed by atoms with Gasteiger partial charge in [-0.25, -0.2) is 0 Å². The zero-order valence-electron chi connectivity index (χ0n) is 9.16. The summed E-state index contributed by atoms with van der Waals surface area (Å²) in [7, 11) is 0. The second-order valence-electron chi connectivity index (χ2n) is 2.39. The molecule has 16 heavy (non-hydrogen) atoms. The first-order valence-corrected chi connectivity index (χ1v) is 6.54. The fraction of sp³-hybridized carbons (Fsp3) is 1.00. The van der Waals surface area contributed by atoms with Gasteiger partial charge in [0.1, 0.15) is 0 Å². The number of nitrogens with two attached hydrogens (primary N) is 6. The molecule has 0 bridgehead atoms. The molecule has 0 rings (SSSR count). The first kappa shape index (κ1) is 27.0. The first-order chi connectivity index (χ1) is 6.08. The average molecular weight is 501 g/mol. The van der Waals surface area contributed by atoms with Crippen LogP contribution in [0.4, 0.5) is 0 Å². The van der Waals surface area contributed by atoms with E-state index in [-0.39, 0.29) is 75.2 Å². The molecule has 0 aliphatic heterocycles. The van der Waals surface area contributed by atoms with E-state index in [1.165, 1.54) is 0 Å². The molecule has 6 nitrogen and oxygen atoms in total. The fourth-order valence-corrected chi connectivity index (χ4v) is 4.40. The predicted molar refractivity (Wildman–Crippen MR) is 51.1 cm³/mol. The van der Waals surface area contributed by atoms with E-state index in [0.29, 0.717) is 19.6 Å². The SMILES string of the molecule is NC[CH](N)[Ag]([CH](N)CN)[CH](N)CN.[Co].[Zn].[Zr]. The maximum absolute atomic E-state index is 5.82. The third kappa shape index (κ3) is 9.44. The van der Waals surface area contributed by atoms with Crippen molar-refractivity contribution in [1.29, 1.82) is 0 Å². The molecule has 0 aliphatic rings. The van der Waals surface area contributed by atoms with Gasteiger partial charge in [-0.1, -0.05) is 0 Å². The molecule has 0 amide bonds. The van der Waals surface area contributed by atoms with E-state index < -0.39 is 18.4 Å². The van der Waals surface area contributed by atoms with Crippen LogP contribution in [0.25, 0.3) is 0 Å². The Balaban J connectivity index is -0.000000240. The molecule has 0 aromatic rings. The molecular weight excluding hydrogens is 480 g/mol. The third-order valence-electron chi connectivity index (χ3n) is 1.40. The van der Waals surface area contributed by atoms with E-state index in [1.54, 1.807) is 0 Å². The fourth-order valence-electron chi connectivity index (χ4n) is 0.744. The molecule has 0 heterocycles. The first-order valence-electron chi connectivity index (χ1n) is 3.97. The van der Waals surface area contributed by atoms with Gasteiger partial charge < -0.3 is 0 Å². The molecule has 0 aromatic heterocycles. The Kier molecular flexibility index (Phi) is 26.2. The van der Waals surface area contributed by atoms with Crippen LogP contribution in [0.3, 0.4) is 0 Å². The summed E-state index contributed by atoms with van der Waals surface area (Å²) in [5, 5.41) is 0. The van der Waals surface area contributed by atoms with Crippen LogP contribution in [-0.4, -0.2) is 32.4 Å². The van der Waals surface area contributed by atoms with Crippen molar-refractivity contribution in [2.45, 2.75) is 12.8 Å². The van der Waals surface area contributed by atoms with Crippen molar-refractivity contribution in [1.82, 2.24) is 0 Å². The van der Waals surface area contributed by atoms with Crippen LogP contribution in [0.1, 0.15) is 0 Å². The maximum atomic E-state index is 5.82. The predicted octanol–water partition coefficient (Wildman–Crippen LogP) is -3.67. The van der Waals surface area contributed by atoms with Crippen LogP contribution >= 0.6 is 0 Å². The van der Waals surface area contributed by atoms with E-state index in [1.807, 2.05) is 0 Å². The van der Waals surface area contributed by atoms with E-state index >= 15 is 0 Å². The van der Waals surface area contributed by atoms with Gasteiger partial charge in [-0.2, -0.15) is 0 Å². The minimum absolute atomic E-state index is 0. The standard InChI is InChI=1S/3C2H7N2.Ag.Co.Zn.Zr/c3*3-1-2-4;;;;/h3*1H,2-4H2;;;;. The second-order valence-corrected chi connectivity index (χ2v) is 7.17. The molecule has 3 unspecified atom stereocenters. The molecular formula is C6H21AgCoN6ZnZr. The summed E-state index contributed by atoms with van der Waals surface area (Å²) in [5.74, 6) is 0. The van der Waals surface area contributed by atoms with Crippen LogP contribution in [0.2, 0.25) is 0 Å². The molecule has 0 fully saturated rings. The summed E-state index contributed by atoms with van der Waals surface area (Å²) in [4.78, 5) is 0. The Morgan fingerprint density at radius 3 is 1.06 bits per heavy atom. The average Bonchev–Trinajstić information content (AvgIpc) is 2.16. The Morgan fingerprint density at radius 2 is 0.938 bits per heavy atom. The van der Waals surface area contributed by atoms with Gasteiger partial charge in [-0.3, -0.25) is 0 Å². The summed E-state index contributed by atoms with van der Waals surface area (Å²) in [6, 6.07) is 0. The van der Waals surface area contributed by atoms with Crippen molar-refractivity contribution in [3.8, 4) is 0 Å². The van der Waals surface area contributed by atoms with Gasteiger partial charge in [0.15, 0.2) is 0 Å². The van der Waals surface area contributed by atoms with E-state index in [0.717, 1.165) is 0 Å². The largest absolute Gasteiger partial charge is 0 e. The monoisotopic (exact) mass is 497 g/mol. The minimum Gasteiger partial charge on any atom is 0 e. The van der Waals surface area contributed by atoms with Crippen molar-refractivity contribution in [2.24, 2.45) is 34.4 Å². The van der Waals surface area contributed by atoms with E-state index in [9.17, 15) is 0 Å². The molecule has 0 aliphatic carbocycles. The summed E-state index contributed by atoms with van der Waals surface area (Å²) in [6.07, 6.45) is 0. The van der Waals surface area contributed by atoms with E-state index in [4.69, 9.17) is 34.4 Å². The Hall–Kier alpha value is 2.51. The van der Waals surface area contributed by atoms with Gasteiger partial charge in [0.25, 0.3) is 0 Å².